The highest BCUT2D eigenvalue weighted by Crippen LogP contribution is 2.20. The lowest BCUT2D eigenvalue weighted by Gasteiger charge is -2.13. The number of hydrogen-bond donors (Lipinski definition) is 2. The molecule has 2 aromatic rings. The predicted molar refractivity (Wildman–Crippen MR) is 96.1 cm³/mol. The number of aryl methyl sites for hydroxylation is 1. The van der Waals surface area contributed by atoms with Gasteiger partial charge in [0.15, 0.2) is 0 Å². The number of rotatable bonds is 8. The van der Waals surface area contributed by atoms with Crippen molar-refractivity contribution in [2.45, 2.75) is 37.6 Å². The van der Waals surface area contributed by atoms with Crippen molar-refractivity contribution in [3.8, 4) is 0 Å². The molecule has 0 radical (unpaired) electrons. The molecule has 0 aliphatic carbocycles. The van der Waals surface area contributed by atoms with E-state index in [-0.39, 0.29) is 17.9 Å². The molecule has 0 saturated carbocycles. The summed E-state index contributed by atoms with van der Waals surface area (Å²) < 4.78 is 5.28. The molecule has 1 atom stereocenters. The van der Waals surface area contributed by atoms with Crippen molar-refractivity contribution in [2.24, 2.45) is 0 Å². The van der Waals surface area contributed by atoms with Crippen LogP contribution in [0.3, 0.4) is 0 Å². The molecular formula is C18H22N2O3S. The third kappa shape index (κ3) is 6.50. The number of carbonyl (C=O) groups excluding carboxylic acids is 2. The fourth-order valence-corrected chi connectivity index (χ4v) is 2.90. The smallest absolute Gasteiger partial charge is 0.230 e. The van der Waals surface area contributed by atoms with Crippen LogP contribution in [-0.2, 0) is 16.0 Å². The highest BCUT2D eigenvalue weighted by molar-refractivity contribution is 8.00. The van der Waals surface area contributed by atoms with E-state index in [9.17, 15) is 9.59 Å². The maximum Gasteiger partial charge on any atom is 0.230 e. The number of hydrogen-bond acceptors (Lipinski definition) is 4. The molecule has 24 heavy (non-hydrogen) atoms. The van der Waals surface area contributed by atoms with E-state index in [1.807, 2.05) is 43.3 Å². The molecule has 2 rings (SSSR count). The SMILES string of the molecule is CC(=O)Nc1ccc(SCC(=O)N[C@@H](C)CCc2ccco2)cc1. The van der Waals surface area contributed by atoms with Crippen LogP contribution in [0.5, 0.6) is 0 Å². The Labute approximate surface area is 146 Å². The minimum Gasteiger partial charge on any atom is -0.469 e. The topological polar surface area (TPSA) is 71.3 Å². The van der Waals surface area contributed by atoms with E-state index >= 15 is 0 Å². The summed E-state index contributed by atoms with van der Waals surface area (Å²) in [7, 11) is 0. The molecule has 0 aliphatic heterocycles. The van der Waals surface area contributed by atoms with E-state index in [0.29, 0.717) is 5.75 Å². The molecule has 1 aromatic carbocycles. The Hall–Kier alpha value is -2.21. The van der Waals surface area contributed by atoms with Crippen LogP contribution in [0.2, 0.25) is 0 Å². The molecule has 6 heteroatoms. The van der Waals surface area contributed by atoms with Gasteiger partial charge in [-0.05, 0) is 49.7 Å². The zero-order valence-corrected chi connectivity index (χ0v) is 14.7. The van der Waals surface area contributed by atoms with Crippen LogP contribution in [0.1, 0.15) is 26.0 Å². The Morgan fingerprint density at radius 2 is 1.96 bits per heavy atom. The normalized spacial score (nSPS) is 11.8. The molecular weight excluding hydrogens is 324 g/mol. The highest BCUT2D eigenvalue weighted by atomic mass is 32.2. The fraction of sp³-hybridized carbons (Fsp3) is 0.333. The Kier molecular flexibility index (Phi) is 6.93. The van der Waals surface area contributed by atoms with Crippen LogP contribution < -0.4 is 10.6 Å². The molecule has 128 valence electrons. The van der Waals surface area contributed by atoms with Gasteiger partial charge in [0.2, 0.25) is 11.8 Å². The number of amides is 2. The van der Waals surface area contributed by atoms with Crippen molar-refractivity contribution >= 4 is 29.3 Å². The first-order valence-corrected chi connectivity index (χ1v) is 8.83. The predicted octanol–water partition coefficient (Wildman–Crippen LogP) is 3.47. The van der Waals surface area contributed by atoms with Crippen molar-refractivity contribution in [2.75, 3.05) is 11.1 Å². The maximum atomic E-state index is 12.0. The summed E-state index contributed by atoms with van der Waals surface area (Å²) in [6.07, 6.45) is 3.31. The lowest BCUT2D eigenvalue weighted by atomic mass is 10.1. The number of carbonyl (C=O) groups is 2. The summed E-state index contributed by atoms with van der Waals surface area (Å²) in [5, 5.41) is 5.71. The third-order valence-electron chi connectivity index (χ3n) is 3.36. The molecule has 0 spiro atoms. The van der Waals surface area contributed by atoms with Crippen LogP contribution in [0.25, 0.3) is 0 Å². The largest absolute Gasteiger partial charge is 0.469 e. The first kappa shape index (κ1) is 18.1. The Morgan fingerprint density at radius 3 is 2.58 bits per heavy atom. The maximum absolute atomic E-state index is 12.0. The van der Waals surface area contributed by atoms with Gasteiger partial charge in [-0.1, -0.05) is 0 Å². The molecule has 1 heterocycles. The molecule has 2 N–H and O–H groups in total. The molecule has 1 aromatic heterocycles. The van der Waals surface area contributed by atoms with E-state index in [1.165, 1.54) is 18.7 Å². The number of nitrogens with one attached hydrogen (secondary N) is 2. The van der Waals surface area contributed by atoms with Gasteiger partial charge in [-0.2, -0.15) is 0 Å². The van der Waals surface area contributed by atoms with Gasteiger partial charge in [0.25, 0.3) is 0 Å². The summed E-state index contributed by atoms with van der Waals surface area (Å²) in [4.78, 5) is 23.9. The average molecular weight is 346 g/mol. The second-order valence-electron chi connectivity index (χ2n) is 5.58. The van der Waals surface area contributed by atoms with E-state index in [4.69, 9.17) is 4.42 Å². The lowest BCUT2D eigenvalue weighted by molar-refractivity contribution is -0.119. The number of thioether (sulfide) groups is 1. The van der Waals surface area contributed by atoms with Crippen molar-refractivity contribution in [1.82, 2.24) is 5.32 Å². The summed E-state index contributed by atoms with van der Waals surface area (Å²) in [5.41, 5.74) is 0.753. The van der Waals surface area contributed by atoms with Gasteiger partial charge in [0, 0.05) is 30.0 Å². The van der Waals surface area contributed by atoms with Crippen LogP contribution in [0.15, 0.2) is 52.0 Å². The van der Waals surface area contributed by atoms with Crippen LogP contribution in [0, 0.1) is 0 Å². The minimum atomic E-state index is -0.0988. The van der Waals surface area contributed by atoms with Gasteiger partial charge in [0.05, 0.1) is 12.0 Å². The summed E-state index contributed by atoms with van der Waals surface area (Å²) >= 11 is 1.47. The van der Waals surface area contributed by atoms with Gasteiger partial charge in [-0.25, -0.2) is 0 Å². The fourth-order valence-electron chi connectivity index (χ4n) is 2.19. The molecule has 0 unspecified atom stereocenters. The Bertz CT molecular complexity index is 653. The highest BCUT2D eigenvalue weighted by Gasteiger charge is 2.09. The lowest BCUT2D eigenvalue weighted by Crippen LogP contribution is -2.34. The van der Waals surface area contributed by atoms with E-state index < -0.39 is 0 Å². The molecule has 0 fully saturated rings. The van der Waals surface area contributed by atoms with Gasteiger partial charge in [0.1, 0.15) is 5.76 Å². The quantitative estimate of drug-likeness (QED) is 0.718. The standard InChI is InChI=1S/C18H22N2O3S/c1-13(5-8-16-4-3-11-23-16)19-18(22)12-24-17-9-6-15(7-10-17)20-14(2)21/h3-4,6-7,9-11,13H,5,8,12H2,1-2H3,(H,19,22)(H,20,21)/t13-/m0/s1. The molecule has 0 aliphatic rings. The van der Waals surface area contributed by atoms with Crippen LogP contribution in [-0.4, -0.2) is 23.6 Å². The van der Waals surface area contributed by atoms with Crippen molar-refractivity contribution in [1.29, 1.82) is 0 Å². The van der Waals surface area contributed by atoms with Gasteiger partial charge in [-0.3, -0.25) is 9.59 Å². The van der Waals surface area contributed by atoms with Crippen molar-refractivity contribution in [3.05, 3.63) is 48.4 Å². The van der Waals surface area contributed by atoms with E-state index in [1.54, 1.807) is 6.26 Å². The summed E-state index contributed by atoms with van der Waals surface area (Å²) in [6.45, 7) is 3.47. The van der Waals surface area contributed by atoms with E-state index in [2.05, 4.69) is 10.6 Å². The van der Waals surface area contributed by atoms with Gasteiger partial charge >= 0.3 is 0 Å². The van der Waals surface area contributed by atoms with E-state index in [0.717, 1.165) is 29.2 Å². The molecule has 5 nitrogen and oxygen atoms in total. The monoisotopic (exact) mass is 346 g/mol. The second-order valence-corrected chi connectivity index (χ2v) is 6.63. The Balaban J connectivity index is 1.69. The number of furan rings is 1. The number of benzene rings is 1. The molecule has 0 bridgehead atoms. The first-order valence-electron chi connectivity index (χ1n) is 7.85. The summed E-state index contributed by atoms with van der Waals surface area (Å²) in [5.74, 6) is 1.21. The average Bonchev–Trinajstić information content (AvgIpc) is 3.05. The van der Waals surface area contributed by atoms with Crippen molar-refractivity contribution in [3.63, 3.8) is 0 Å². The van der Waals surface area contributed by atoms with Crippen LogP contribution in [0.4, 0.5) is 5.69 Å². The zero-order chi connectivity index (χ0) is 17.4. The summed E-state index contributed by atoms with van der Waals surface area (Å²) in [6, 6.07) is 11.3. The third-order valence-corrected chi connectivity index (χ3v) is 4.37. The molecule has 2 amide bonds. The molecule has 0 saturated heterocycles. The second kappa shape index (κ2) is 9.17. The zero-order valence-electron chi connectivity index (χ0n) is 13.9. The van der Waals surface area contributed by atoms with Crippen molar-refractivity contribution < 1.29 is 14.0 Å². The van der Waals surface area contributed by atoms with Gasteiger partial charge < -0.3 is 15.1 Å². The Morgan fingerprint density at radius 1 is 1.21 bits per heavy atom. The number of anilines is 1. The van der Waals surface area contributed by atoms with Crippen LogP contribution >= 0.6 is 11.8 Å². The minimum absolute atomic E-state index is 0.0119. The first-order chi connectivity index (χ1) is 11.5. The van der Waals surface area contributed by atoms with Gasteiger partial charge in [-0.15, -0.1) is 11.8 Å².